The van der Waals surface area contributed by atoms with E-state index in [1.807, 2.05) is 0 Å². The van der Waals surface area contributed by atoms with Crippen molar-refractivity contribution in [2.24, 2.45) is 10.7 Å². The summed E-state index contributed by atoms with van der Waals surface area (Å²) in [6.45, 7) is 2.11. The van der Waals surface area contributed by atoms with Crippen molar-refractivity contribution in [1.82, 2.24) is 4.98 Å². The number of aliphatic imine (C=N–C) groups is 1. The first-order valence-corrected chi connectivity index (χ1v) is 7.97. The van der Waals surface area contributed by atoms with Gasteiger partial charge in [0.05, 0.1) is 12.1 Å². The van der Waals surface area contributed by atoms with E-state index in [9.17, 15) is 9.18 Å². The third-order valence-electron chi connectivity index (χ3n) is 3.95. The van der Waals surface area contributed by atoms with Crippen molar-refractivity contribution in [2.75, 3.05) is 11.9 Å². The molecule has 0 saturated carbocycles. The molecule has 25 heavy (non-hydrogen) atoms. The number of hydrogen-bond acceptors (Lipinski definition) is 5. The average molecular weight is 363 g/mol. The third-order valence-corrected chi connectivity index (χ3v) is 4.16. The van der Waals surface area contributed by atoms with E-state index in [1.165, 1.54) is 18.2 Å². The van der Waals surface area contributed by atoms with E-state index in [0.717, 1.165) is 0 Å². The van der Waals surface area contributed by atoms with Gasteiger partial charge in [0, 0.05) is 17.7 Å². The van der Waals surface area contributed by atoms with Crippen LogP contribution in [0.4, 0.5) is 10.1 Å². The van der Waals surface area contributed by atoms with Gasteiger partial charge < -0.3 is 15.8 Å². The smallest absolute Gasteiger partial charge is 0.282 e. The summed E-state index contributed by atoms with van der Waals surface area (Å²) in [5.41, 5.74) is 5.68. The zero-order valence-electron chi connectivity index (χ0n) is 13.4. The van der Waals surface area contributed by atoms with E-state index in [-0.39, 0.29) is 16.9 Å². The molecule has 130 valence electrons. The van der Waals surface area contributed by atoms with Crippen LogP contribution in [-0.2, 0) is 10.3 Å². The second-order valence-corrected chi connectivity index (χ2v) is 6.20. The van der Waals surface area contributed by atoms with Gasteiger partial charge in [-0.05, 0) is 37.3 Å². The highest BCUT2D eigenvalue weighted by Crippen LogP contribution is 2.35. The summed E-state index contributed by atoms with van der Waals surface area (Å²) >= 11 is 5.79. The fourth-order valence-electron chi connectivity index (χ4n) is 2.63. The Morgan fingerprint density at radius 1 is 1.40 bits per heavy atom. The van der Waals surface area contributed by atoms with Crippen molar-refractivity contribution in [1.29, 1.82) is 0 Å². The molecule has 0 saturated heterocycles. The summed E-state index contributed by atoms with van der Waals surface area (Å²) in [6.07, 6.45) is 0.470. The first kappa shape index (κ1) is 17.2. The maximum absolute atomic E-state index is 14.3. The highest BCUT2D eigenvalue weighted by molar-refractivity contribution is 6.29. The number of amidine groups is 1. The molecule has 8 heteroatoms. The fraction of sp³-hybridized carbons (Fsp3) is 0.235. The monoisotopic (exact) mass is 362 g/mol. The number of carbonyl (C=O) groups excluding carboxylic acids is 1. The summed E-state index contributed by atoms with van der Waals surface area (Å²) in [7, 11) is 0. The second kappa shape index (κ2) is 6.68. The van der Waals surface area contributed by atoms with Crippen LogP contribution < -0.4 is 11.1 Å². The van der Waals surface area contributed by atoms with Crippen LogP contribution in [0.1, 0.15) is 29.4 Å². The molecule has 0 fully saturated rings. The molecule has 1 aromatic carbocycles. The number of pyridine rings is 1. The van der Waals surface area contributed by atoms with Crippen LogP contribution in [0, 0.1) is 5.82 Å². The molecule has 1 aromatic heterocycles. The molecule has 0 bridgehead atoms. The van der Waals surface area contributed by atoms with Crippen molar-refractivity contribution in [3.05, 3.63) is 58.6 Å². The Morgan fingerprint density at radius 3 is 2.92 bits per heavy atom. The van der Waals surface area contributed by atoms with Gasteiger partial charge in [-0.25, -0.2) is 14.4 Å². The van der Waals surface area contributed by atoms with Crippen molar-refractivity contribution in [2.45, 2.75) is 18.9 Å². The molecule has 0 aliphatic carbocycles. The van der Waals surface area contributed by atoms with Crippen LogP contribution in [0.5, 0.6) is 0 Å². The molecule has 0 spiro atoms. The molecular weight excluding hydrogens is 347 g/mol. The Bertz CT molecular complexity index is 858. The number of halogens is 2. The molecular formula is C17H16ClFN4O2. The van der Waals surface area contributed by atoms with Gasteiger partial charge in [0.2, 0.25) is 0 Å². The van der Waals surface area contributed by atoms with Crippen LogP contribution in [0.15, 0.2) is 41.4 Å². The van der Waals surface area contributed by atoms with E-state index in [2.05, 4.69) is 15.3 Å². The Kier molecular flexibility index (Phi) is 4.59. The number of rotatable bonds is 3. The lowest BCUT2D eigenvalue weighted by Gasteiger charge is -2.30. The number of ether oxygens (including phenoxy) is 1. The highest BCUT2D eigenvalue weighted by atomic mass is 35.5. The third kappa shape index (κ3) is 3.71. The average Bonchev–Trinajstić information content (AvgIpc) is 2.56. The minimum atomic E-state index is -0.860. The van der Waals surface area contributed by atoms with Gasteiger partial charge in [-0.1, -0.05) is 17.7 Å². The highest BCUT2D eigenvalue weighted by Gasteiger charge is 2.33. The summed E-state index contributed by atoms with van der Waals surface area (Å²) < 4.78 is 19.5. The van der Waals surface area contributed by atoms with Gasteiger partial charge in [-0.2, -0.15) is 0 Å². The zero-order valence-corrected chi connectivity index (χ0v) is 14.2. The van der Waals surface area contributed by atoms with Gasteiger partial charge in [0.1, 0.15) is 16.7 Å². The topological polar surface area (TPSA) is 89.6 Å². The first-order chi connectivity index (χ1) is 11.9. The summed E-state index contributed by atoms with van der Waals surface area (Å²) in [4.78, 5) is 20.4. The molecule has 2 heterocycles. The SMILES string of the molecule is C[C@@]1(c2cc(NC(=O)c3cccc(Cl)n3)ccc2F)CCOC(N)=N1. The predicted molar refractivity (Wildman–Crippen MR) is 93.1 cm³/mol. The van der Waals surface area contributed by atoms with E-state index < -0.39 is 17.3 Å². The van der Waals surface area contributed by atoms with Gasteiger partial charge in [0.15, 0.2) is 0 Å². The second-order valence-electron chi connectivity index (χ2n) is 5.82. The quantitative estimate of drug-likeness (QED) is 0.821. The lowest BCUT2D eigenvalue weighted by molar-refractivity contribution is 0.102. The number of nitrogens with zero attached hydrogens (tertiary/aromatic N) is 2. The van der Waals surface area contributed by atoms with Crippen molar-refractivity contribution in [3.63, 3.8) is 0 Å². The lowest BCUT2D eigenvalue weighted by Crippen LogP contribution is -2.34. The van der Waals surface area contributed by atoms with Gasteiger partial charge in [-0.3, -0.25) is 4.79 Å². The Balaban J connectivity index is 1.89. The number of carbonyl (C=O) groups is 1. The maximum Gasteiger partial charge on any atom is 0.282 e. The largest absolute Gasteiger partial charge is 0.465 e. The number of nitrogens with two attached hydrogens (primary N) is 1. The molecule has 3 rings (SSSR count). The van der Waals surface area contributed by atoms with Crippen molar-refractivity contribution < 1.29 is 13.9 Å². The molecule has 0 unspecified atom stereocenters. The standard InChI is InChI=1S/C17H16ClFN4O2/c1-17(7-8-25-16(20)23-17)11-9-10(5-6-12(11)19)21-15(24)13-3-2-4-14(18)22-13/h2-6,9H,7-8H2,1H3,(H2,20,23)(H,21,24)/t17-/m0/s1. The number of hydrogen-bond donors (Lipinski definition) is 2. The lowest BCUT2D eigenvalue weighted by atomic mass is 9.88. The van der Waals surface area contributed by atoms with Gasteiger partial charge >= 0.3 is 0 Å². The number of benzene rings is 1. The van der Waals surface area contributed by atoms with Gasteiger partial charge in [0.25, 0.3) is 11.9 Å². The van der Waals surface area contributed by atoms with E-state index in [4.69, 9.17) is 22.1 Å². The van der Waals surface area contributed by atoms with Gasteiger partial charge in [-0.15, -0.1) is 0 Å². The Hall–Kier alpha value is -2.67. The predicted octanol–water partition coefficient (Wildman–Crippen LogP) is 3.08. The first-order valence-electron chi connectivity index (χ1n) is 7.59. The van der Waals surface area contributed by atoms with E-state index in [1.54, 1.807) is 25.1 Å². The molecule has 2 aromatic rings. The molecule has 3 N–H and O–H groups in total. The van der Waals surface area contributed by atoms with Crippen LogP contribution in [0.3, 0.4) is 0 Å². The number of aromatic nitrogens is 1. The summed E-state index contributed by atoms with van der Waals surface area (Å²) in [5.74, 6) is -0.875. The van der Waals surface area contributed by atoms with Crippen LogP contribution in [0.2, 0.25) is 5.15 Å². The van der Waals surface area contributed by atoms with Crippen molar-refractivity contribution >= 4 is 29.2 Å². The maximum atomic E-state index is 14.3. The minimum absolute atomic E-state index is 0.0192. The molecule has 1 atom stereocenters. The number of nitrogens with one attached hydrogen (secondary N) is 1. The van der Waals surface area contributed by atoms with Crippen LogP contribution in [0.25, 0.3) is 0 Å². The fourth-order valence-corrected chi connectivity index (χ4v) is 2.79. The van der Waals surface area contributed by atoms with E-state index >= 15 is 0 Å². The van der Waals surface area contributed by atoms with Crippen molar-refractivity contribution in [3.8, 4) is 0 Å². The Labute approximate surface area is 148 Å². The molecule has 1 aliphatic heterocycles. The van der Waals surface area contributed by atoms with E-state index in [0.29, 0.717) is 24.3 Å². The molecule has 1 amide bonds. The minimum Gasteiger partial charge on any atom is -0.465 e. The van der Waals surface area contributed by atoms with Crippen LogP contribution in [-0.4, -0.2) is 23.5 Å². The summed E-state index contributed by atoms with van der Waals surface area (Å²) in [6, 6.07) is 9.05. The Morgan fingerprint density at radius 2 is 2.20 bits per heavy atom. The molecule has 1 aliphatic rings. The summed E-state index contributed by atoms with van der Waals surface area (Å²) in [5, 5.41) is 2.90. The zero-order chi connectivity index (χ0) is 18.0. The normalized spacial score (nSPS) is 19.7. The molecule has 6 nitrogen and oxygen atoms in total. The van der Waals surface area contributed by atoms with Crippen LogP contribution >= 0.6 is 11.6 Å². The number of anilines is 1. The molecule has 0 radical (unpaired) electrons. The number of amides is 1.